The molecule has 6 heteroatoms. The molecular weight excluding hydrogens is 367 g/mol. The third kappa shape index (κ3) is 7.98. The quantitative estimate of drug-likeness (QED) is 0.397. The predicted octanol–water partition coefficient (Wildman–Crippen LogP) is 2.21. The molecule has 0 aromatic heterocycles. The standard InChI is InChI=1S/C14H22N4O.HI/c1-3-10-16-14(15-4-2)17-11-13(19)18-12-8-6-5-7-9-12;/h5-9H,3-4,10-11H2,1-2H3,(H,18,19)(H2,15,16,17);1H. The maximum absolute atomic E-state index is 11.7. The van der Waals surface area contributed by atoms with Crippen molar-refractivity contribution in [2.45, 2.75) is 20.3 Å². The average molecular weight is 390 g/mol. The molecule has 0 heterocycles. The molecule has 0 aliphatic rings. The number of aliphatic imine (C=N–C) groups is 1. The molecule has 1 aromatic carbocycles. The fourth-order valence-corrected chi connectivity index (χ4v) is 1.46. The van der Waals surface area contributed by atoms with E-state index in [1.807, 2.05) is 37.3 Å². The van der Waals surface area contributed by atoms with Crippen LogP contribution in [-0.4, -0.2) is 31.5 Å². The highest BCUT2D eigenvalue weighted by Crippen LogP contribution is 2.04. The Morgan fingerprint density at radius 3 is 2.45 bits per heavy atom. The summed E-state index contributed by atoms with van der Waals surface area (Å²) >= 11 is 0. The Kier molecular flexibility index (Phi) is 10.8. The first-order valence-electron chi connectivity index (χ1n) is 6.63. The summed E-state index contributed by atoms with van der Waals surface area (Å²) in [4.78, 5) is 16.0. The Balaban J connectivity index is 0.00000361. The summed E-state index contributed by atoms with van der Waals surface area (Å²) in [5.74, 6) is 0.549. The Morgan fingerprint density at radius 1 is 1.15 bits per heavy atom. The van der Waals surface area contributed by atoms with Crippen molar-refractivity contribution in [3.63, 3.8) is 0 Å². The molecule has 0 radical (unpaired) electrons. The van der Waals surface area contributed by atoms with Gasteiger partial charge < -0.3 is 16.0 Å². The molecule has 0 bridgehead atoms. The van der Waals surface area contributed by atoms with Crippen molar-refractivity contribution in [1.29, 1.82) is 0 Å². The van der Waals surface area contributed by atoms with Crippen LogP contribution in [0.3, 0.4) is 0 Å². The highest BCUT2D eigenvalue weighted by Gasteiger charge is 2.02. The van der Waals surface area contributed by atoms with Gasteiger partial charge in [0.05, 0.1) is 0 Å². The summed E-state index contributed by atoms with van der Waals surface area (Å²) in [5, 5.41) is 9.04. The molecule has 1 aromatic rings. The van der Waals surface area contributed by atoms with Crippen LogP contribution < -0.4 is 16.0 Å². The van der Waals surface area contributed by atoms with Crippen LogP contribution in [0, 0.1) is 0 Å². The third-order valence-electron chi connectivity index (χ3n) is 2.32. The number of amides is 1. The van der Waals surface area contributed by atoms with Gasteiger partial charge in [-0.3, -0.25) is 4.79 Å². The molecule has 0 aliphatic carbocycles. The minimum absolute atomic E-state index is 0. The molecule has 5 nitrogen and oxygen atoms in total. The lowest BCUT2D eigenvalue weighted by molar-refractivity contribution is -0.114. The Labute approximate surface area is 137 Å². The number of halogens is 1. The zero-order valence-corrected chi connectivity index (χ0v) is 14.3. The van der Waals surface area contributed by atoms with E-state index in [2.05, 4.69) is 27.9 Å². The summed E-state index contributed by atoms with van der Waals surface area (Å²) < 4.78 is 0. The van der Waals surface area contributed by atoms with Crippen LogP contribution in [0.2, 0.25) is 0 Å². The number of para-hydroxylation sites is 1. The highest BCUT2D eigenvalue weighted by molar-refractivity contribution is 14.0. The Bertz CT molecular complexity index is 409. The number of rotatable bonds is 6. The van der Waals surface area contributed by atoms with E-state index in [4.69, 9.17) is 0 Å². The molecule has 0 saturated heterocycles. The van der Waals surface area contributed by atoms with Gasteiger partial charge in [0.2, 0.25) is 5.91 Å². The molecule has 0 spiro atoms. The first-order chi connectivity index (χ1) is 9.26. The average Bonchev–Trinajstić information content (AvgIpc) is 2.43. The van der Waals surface area contributed by atoms with Crippen LogP contribution in [0.1, 0.15) is 20.3 Å². The van der Waals surface area contributed by atoms with E-state index in [-0.39, 0.29) is 36.4 Å². The second-order valence-electron chi connectivity index (χ2n) is 4.04. The fourth-order valence-electron chi connectivity index (χ4n) is 1.46. The number of nitrogens with one attached hydrogen (secondary N) is 3. The number of benzene rings is 1. The van der Waals surface area contributed by atoms with E-state index in [9.17, 15) is 4.79 Å². The summed E-state index contributed by atoms with van der Waals surface area (Å²) in [5.41, 5.74) is 0.786. The lowest BCUT2D eigenvalue weighted by Crippen LogP contribution is -2.38. The van der Waals surface area contributed by atoms with Gasteiger partial charge in [-0.2, -0.15) is 0 Å². The van der Waals surface area contributed by atoms with Gasteiger partial charge in [0.15, 0.2) is 5.96 Å². The normalized spacial score (nSPS) is 10.4. The maximum Gasteiger partial charge on any atom is 0.246 e. The van der Waals surface area contributed by atoms with E-state index in [1.54, 1.807) is 0 Å². The van der Waals surface area contributed by atoms with Crippen LogP contribution in [0.25, 0.3) is 0 Å². The van der Waals surface area contributed by atoms with Gasteiger partial charge in [-0.1, -0.05) is 25.1 Å². The van der Waals surface area contributed by atoms with Gasteiger partial charge in [-0.25, -0.2) is 4.99 Å². The fraction of sp³-hybridized carbons (Fsp3) is 0.429. The molecule has 0 unspecified atom stereocenters. The molecule has 1 amide bonds. The zero-order valence-electron chi connectivity index (χ0n) is 12.0. The molecule has 3 N–H and O–H groups in total. The van der Waals surface area contributed by atoms with Crippen molar-refractivity contribution in [2.24, 2.45) is 4.99 Å². The summed E-state index contributed by atoms with van der Waals surface area (Å²) in [7, 11) is 0. The molecule has 1 rings (SSSR count). The highest BCUT2D eigenvalue weighted by atomic mass is 127. The first-order valence-corrected chi connectivity index (χ1v) is 6.63. The van der Waals surface area contributed by atoms with Crippen molar-refractivity contribution in [3.05, 3.63) is 30.3 Å². The van der Waals surface area contributed by atoms with Crippen molar-refractivity contribution >= 4 is 41.5 Å². The van der Waals surface area contributed by atoms with Crippen molar-refractivity contribution in [2.75, 3.05) is 25.0 Å². The van der Waals surface area contributed by atoms with Crippen LogP contribution in [0.15, 0.2) is 35.3 Å². The molecule has 0 aliphatic heterocycles. The monoisotopic (exact) mass is 390 g/mol. The Hall–Kier alpha value is -1.31. The minimum Gasteiger partial charge on any atom is -0.357 e. The molecule has 112 valence electrons. The SMILES string of the molecule is CCCNC(=NCC(=O)Nc1ccccc1)NCC.I. The van der Waals surface area contributed by atoms with Crippen LogP contribution in [0.5, 0.6) is 0 Å². The number of hydrogen-bond donors (Lipinski definition) is 3. The van der Waals surface area contributed by atoms with E-state index >= 15 is 0 Å². The van der Waals surface area contributed by atoms with E-state index in [1.165, 1.54) is 0 Å². The number of guanidine groups is 1. The van der Waals surface area contributed by atoms with Gasteiger partial charge in [0.1, 0.15) is 6.54 Å². The largest absolute Gasteiger partial charge is 0.357 e. The predicted molar refractivity (Wildman–Crippen MR) is 94.8 cm³/mol. The van der Waals surface area contributed by atoms with Gasteiger partial charge in [0.25, 0.3) is 0 Å². The smallest absolute Gasteiger partial charge is 0.246 e. The lowest BCUT2D eigenvalue weighted by Gasteiger charge is -2.10. The first kappa shape index (κ1) is 18.7. The van der Waals surface area contributed by atoms with Crippen molar-refractivity contribution in [3.8, 4) is 0 Å². The maximum atomic E-state index is 11.7. The second-order valence-corrected chi connectivity index (χ2v) is 4.04. The van der Waals surface area contributed by atoms with E-state index < -0.39 is 0 Å². The molecule has 0 fully saturated rings. The van der Waals surface area contributed by atoms with Crippen LogP contribution in [0.4, 0.5) is 5.69 Å². The zero-order chi connectivity index (χ0) is 13.9. The van der Waals surface area contributed by atoms with Crippen molar-refractivity contribution in [1.82, 2.24) is 10.6 Å². The number of hydrogen-bond acceptors (Lipinski definition) is 2. The Morgan fingerprint density at radius 2 is 1.85 bits per heavy atom. The molecule has 0 saturated carbocycles. The number of nitrogens with zero attached hydrogens (tertiary/aromatic N) is 1. The third-order valence-corrected chi connectivity index (χ3v) is 2.32. The van der Waals surface area contributed by atoms with Crippen LogP contribution in [-0.2, 0) is 4.79 Å². The van der Waals surface area contributed by atoms with E-state index in [0.29, 0.717) is 5.96 Å². The second kappa shape index (κ2) is 11.5. The van der Waals surface area contributed by atoms with Crippen LogP contribution >= 0.6 is 24.0 Å². The number of carbonyl (C=O) groups is 1. The lowest BCUT2D eigenvalue weighted by atomic mass is 10.3. The molecular formula is C14H23IN4O. The summed E-state index contributed by atoms with van der Waals surface area (Å²) in [6, 6.07) is 9.37. The van der Waals surface area contributed by atoms with Gasteiger partial charge >= 0.3 is 0 Å². The summed E-state index contributed by atoms with van der Waals surface area (Å²) in [6.07, 6.45) is 1.01. The van der Waals surface area contributed by atoms with Gasteiger partial charge in [-0.15, -0.1) is 24.0 Å². The molecule has 0 atom stereocenters. The molecule has 20 heavy (non-hydrogen) atoms. The minimum atomic E-state index is -0.125. The van der Waals surface area contributed by atoms with Gasteiger partial charge in [0, 0.05) is 18.8 Å². The van der Waals surface area contributed by atoms with Crippen molar-refractivity contribution < 1.29 is 4.79 Å². The topological polar surface area (TPSA) is 65.5 Å². The van der Waals surface area contributed by atoms with E-state index in [0.717, 1.165) is 25.2 Å². The van der Waals surface area contributed by atoms with Gasteiger partial charge in [-0.05, 0) is 25.5 Å². The number of anilines is 1. The number of carbonyl (C=O) groups excluding carboxylic acids is 1. The summed E-state index contributed by atoms with van der Waals surface area (Å²) in [6.45, 7) is 5.79.